The normalized spacial score (nSPS) is 29.5. The summed E-state index contributed by atoms with van der Waals surface area (Å²) >= 11 is 0. The second kappa shape index (κ2) is 3.54. The fourth-order valence-electron chi connectivity index (χ4n) is 2.52. The minimum absolute atomic E-state index is 0.138. The Balaban J connectivity index is 2.22. The van der Waals surface area contributed by atoms with Crippen LogP contribution in [0.2, 0.25) is 0 Å². The highest BCUT2D eigenvalue weighted by atomic mass is 32.2. The van der Waals surface area contributed by atoms with Gasteiger partial charge in [0.1, 0.15) is 0 Å². The van der Waals surface area contributed by atoms with E-state index in [0.29, 0.717) is 24.5 Å². The summed E-state index contributed by atoms with van der Waals surface area (Å²) in [6, 6.07) is 6.78. The summed E-state index contributed by atoms with van der Waals surface area (Å²) in [6.07, 6.45) is 0.802. The van der Waals surface area contributed by atoms with Crippen LogP contribution in [0, 0.1) is 0 Å². The molecule has 2 aliphatic rings. The van der Waals surface area contributed by atoms with Crippen molar-refractivity contribution in [3.63, 3.8) is 0 Å². The maximum Gasteiger partial charge on any atom is 0.243 e. The Hall–Kier alpha value is -1.40. The third-order valence-electron chi connectivity index (χ3n) is 3.42. The van der Waals surface area contributed by atoms with Crippen LogP contribution in [0.15, 0.2) is 29.2 Å². The maximum atomic E-state index is 12.2. The van der Waals surface area contributed by atoms with E-state index >= 15 is 0 Å². The highest BCUT2D eigenvalue weighted by molar-refractivity contribution is 7.89. The van der Waals surface area contributed by atoms with Gasteiger partial charge in [0.25, 0.3) is 0 Å². The number of hydrogen-bond acceptors (Lipinski definition) is 3. The van der Waals surface area contributed by atoms with Gasteiger partial charge in [-0.1, -0.05) is 18.2 Å². The zero-order chi connectivity index (χ0) is 12.0. The quantitative estimate of drug-likeness (QED) is 0.671. The maximum absolute atomic E-state index is 12.2. The highest BCUT2D eigenvalue weighted by Gasteiger charge is 2.41. The van der Waals surface area contributed by atoms with Gasteiger partial charge in [-0.05, 0) is 11.6 Å². The number of rotatable bonds is 1. The predicted molar refractivity (Wildman–Crippen MR) is 60.7 cm³/mol. The van der Waals surface area contributed by atoms with E-state index in [9.17, 15) is 13.2 Å². The van der Waals surface area contributed by atoms with Crippen molar-refractivity contribution < 1.29 is 13.2 Å². The van der Waals surface area contributed by atoms with Crippen molar-refractivity contribution in [2.45, 2.75) is 10.9 Å². The largest absolute Gasteiger partial charge is 0.336 e. The number of amides is 1. The fraction of sp³-hybridized carbons (Fsp3) is 0.364. The molecule has 17 heavy (non-hydrogen) atoms. The lowest BCUT2D eigenvalue weighted by molar-refractivity contribution is -0.122. The van der Waals surface area contributed by atoms with Gasteiger partial charge < -0.3 is 4.90 Å². The SMILES string of the molecule is O=CN1CCN2CC1c1ccccc1S2(=O)=O. The van der Waals surface area contributed by atoms with E-state index in [-0.39, 0.29) is 6.04 Å². The second-order valence-electron chi connectivity index (χ2n) is 4.26. The molecule has 2 atom stereocenters. The molecule has 2 bridgehead atoms. The molecule has 3 rings (SSSR count). The molecule has 0 saturated carbocycles. The summed E-state index contributed by atoms with van der Waals surface area (Å²) in [5.74, 6) is 0. The first-order chi connectivity index (χ1) is 8.14. The van der Waals surface area contributed by atoms with Crippen molar-refractivity contribution in [3.05, 3.63) is 29.8 Å². The number of carbonyl (C=O) groups excluding carboxylic acids is 1. The van der Waals surface area contributed by atoms with Crippen molar-refractivity contribution in [2.24, 2.45) is 0 Å². The third kappa shape index (κ3) is 1.41. The van der Waals surface area contributed by atoms with Crippen molar-refractivity contribution >= 4 is 16.4 Å². The zero-order valence-electron chi connectivity index (χ0n) is 9.11. The monoisotopic (exact) mass is 252 g/mol. The van der Waals surface area contributed by atoms with Crippen molar-refractivity contribution in [1.29, 1.82) is 0 Å². The van der Waals surface area contributed by atoms with Gasteiger partial charge in [0.2, 0.25) is 16.4 Å². The van der Waals surface area contributed by atoms with Crippen molar-refractivity contribution in [1.82, 2.24) is 9.21 Å². The minimum atomic E-state index is -3.36. The number of benzene rings is 1. The Morgan fingerprint density at radius 1 is 1.24 bits per heavy atom. The summed E-state index contributed by atoms with van der Waals surface area (Å²) in [7, 11) is -3.36. The third-order valence-corrected chi connectivity index (χ3v) is 5.35. The van der Waals surface area contributed by atoms with E-state index < -0.39 is 10.0 Å². The van der Waals surface area contributed by atoms with Gasteiger partial charge in [-0.25, -0.2) is 8.42 Å². The molecule has 0 radical (unpaired) electrons. The average molecular weight is 252 g/mol. The standard InChI is InChI=1S/C11H12N2O3S/c14-8-12-5-6-13-7-10(12)9-3-1-2-4-11(9)17(13,15)16/h1-4,8,10H,5-7H2. The number of sulfonamides is 1. The summed E-state index contributed by atoms with van der Waals surface area (Å²) in [4.78, 5) is 13.0. The van der Waals surface area contributed by atoms with Crippen LogP contribution in [0.25, 0.3) is 0 Å². The van der Waals surface area contributed by atoms with Gasteiger partial charge >= 0.3 is 0 Å². The van der Waals surface area contributed by atoms with Crippen LogP contribution < -0.4 is 0 Å². The van der Waals surface area contributed by atoms with E-state index in [1.54, 1.807) is 23.1 Å². The van der Waals surface area contributed by atoms with Crippen molar-refractivity contribution in [3.8, 4) is 0 Å². The van der Waals surface area contributed by atoms with Gasteiger partial charge in [-0.2, -0.15) is 4.31 Å². The second-order valence-corrected chi connectivity index (χ2v) is 6.17. The molecule has 1 amide bonds. The van der Waals surface area contributed by atoms with E-state index in [1.165, 1.54) is 4.31 Å². The smallest absolute Gasteiger partial charge is 0.243 e. The Labute approximate surface area is 99.7 Å². The fourth-order valence-corrected chi connectivity index (χ4v) is 4.21. The van der Waals surface area contributed by atoms with Crippen LogP contribution >= 0.6 is 0 Å². The van der Waals surface area contributed by atoms with Gasteiger partial charge in [0, 0.05) is 19.6 Å². The predicted octanol–water partition coefficient (Wildman–Crippen LogP) is 0.204. The van der Waals surface area contributed by atoms with Crippen LogP contribution in [-0.4, -0.2) is 43.7 Å². The lowest BCUT2D eigenvalue weighted by Crippen LogP contribution is -2.53. The van der Waals surface area contributed by atoms with E-state index in [2.05, 4.69) is 0 Å². The first-order valence-electron chi connectivity index (χ1n) is 5.45. The molecule has 6 heteroatoms. The van der Waals surface area contributed by atoms with Gasteiger partial charge in [0.15, 0.2) is 0 Å². The Morgan fingerprint density at radius 3 is 2.76 bits per heavy atom. The molecule has 90 valence electrons. The molecule has 2 unspecified atom stereocenters. The first-order valence-corrected chi connectivity index (χ1v) is 6.89. The van der Waals surface area contributed by atoms with E-state index in [4.69, 9.17) is 0 Å². The number of nitrogens with zero attached hydrogens (tertiary/aromatic N) is 2. The molecule has 0 aromatic heterocycles. The molecule has 5 nitrogen and oxygen atoms in total. The number of piperazine rings is 1. The molecule has 1 fully saturated rings. The van der Waals surface area contributed by atoms with Crippen molar-refractivity contribution in [2.75, 3.05) is 19.6 Å². The van der Waals surface area contributed by atoms with Gasteiger partial charge in [0.05, 0.1) is 10.9 Å². The topological polar surface area (TPSA) is 57.7 Å². The Bertz CT molecular complexity index is 570. The van der Waals surface area contributed by atoms with Crippen LogP contribution in [0.3, 0.4) is 0 Å². The molecule has 0 N–H and O–H groups in total. The van der Waals surface area contributed by atoms with E-state index in [1.807, 2.05) is 6.07 Å². The van der Waals surface area contributed by atoms with Gasteiger partial charge in [-0.3, -0.25) is 4.79 Å². The van der Waals surface area contributed by atoms with Crippen LogP contribution in [0.5, 0.6) is 0 Å². The summed E-state index contributed by atoms with van der Waals surface area (Å²) in [5, 5.41) is 0. The minimum Gasteiger partial charge on any atom is -0.336 e. The molecular weight excluding hydrogens is 240 g/mol. The molecule has 2 aliphatic heterocycles. The highest BCUT2D eigenvalue weighted by Crippen LogP contribution is 2.37. The molecule has 0 spiro atoms. The zero-order valence-corrected chi connectivity index (χ0v) is 9.93. The molecular formula is C11H12N2O3S. The van der Waals surface area contributed by atoms with Crippen LogP contribution in [0.4, 0.5) is 0 Å². The van der Waals surface area contributed by atoms with E-state index in [0.717, 1.165) is 12.0 Å². The average Bonchev–Trinajstić information content (AvgIpc) is 2.37. The molecule has 1 aromatic rings. The first kappa shape index (κ1) is 10.7. The summed E-state index contributed by atoms with van der Waals surface area (Å²) in [5.41, 5.74) is 0.732. The lowest BCUT2D eigenvalue weighted by Gasteiger charge is -2.43. The molecule has 1 saturated heterocycles. The van der Waals surface area contributed by atoms with Gasteiger partial charge in [-0.15, -0.1) is 0 Å². The molecule has 2 heterocycles. The van der Waals surface area contributed by atoms with Crippen LogP contribution in [0.1, 0.15) is 11.6 Å². The molecule has 1 aromatic carbocycles. The summed E-state index contributed by atoms with van der Waals surface area (Å²) in [6.45, 7) is 1.21. The lowest BCUT2D eigenvalue weighted by atomic mass is 10.0. The number of hydrogen-bond donors (Lipinski definition) is 0. The number of carbonyl (C=O) groups is 1. The Kier molecular flexibility index (Phi) is 2.24. The Morgan fingerprint density at radius 2 is 2.00 bits per heavy atom. The van der Waals surface area contributed by atoms with Crippen LogP contribution in [-0.2, 0) is 14.8 Å². The number of fused-ring (bicyclic) bond motifs is 4. The summed E-state index contributed by atoms with van der Waals surface area (Å²) < 4.78 is 25.9. The molecule has 0 aliphatic carbocycles.